The number of nitrogens with one attached hydrogen (secondary N) is 1. The zero-order chi connectivity index (χ0) is 15.1. The average molecular weight is 286 g/mol. The van der Waals surface area contributed by atoms with E-state index in [1.807, 2.05) is 30.3 Å². The minimum atomic E-state index is -0.368. The molecule has 6 nitrogen and oxygen atoms in total. The summed E-state index contributed by atoms with van der Waals surface area (Å²) in [5, 5.41) is 11.9. The number of anilines is 1. The molecular formula is C15H18N4O2. The van der Waals surface area contributed by atoms with Crippen molar-refractivity contribution in [2.75, 3.05) is 12.3 Å². The van der Waals surface area contributed by atoms with E-state index >= 15 is 0 Å². The van der Waals surface area contributed by atoms with Crippen LogP contribution in [0.2, 0.25) is 0 Å². The third-order valence-electron chi connectivity index (χ3n) is 3.10. The monoisotopic (exact) mass is 286 g/mol. The fourth-order valence-electron chi connectivity index (χ4n) is 2.05. The molecule has 1 unspecified atom stereocenters. The van der Waals surface area contributed by atoms with Crippen molar-refractivity contribution in [1.29, 1.82) is 0 Å². The Balaban J connectivity index is 2.15. The molecule has 21 heavy (non-hydrogen) atoms. The second-order valence-corrected chi connectivity index (χ2v) is 4.59. The summed E-state index contributed by atoms with van der Waals surface area (Å²) in [6.07, 6.45) is 4.09. The second kappa shape index (κ2) is 7.35. The molecule has 0 saturated heterocycles. The maximum Gasteiger partial charge on any atom is 0.274 e. The molecule has 0 fully saturated rings. The van der Waals surface area contributed by atoms with Gasteiger partial charge in [0.15, 0.2) is 11.5 Å². The molecule has 1 heterocycles. The minimum Gasteiger partial charge on any atom is -0.396 e. The van der Waals surface area contributed by atoms with Gasteiger partial charge in [-0.05, 0) is 18.4 Å². The highest BCUT2D eigenvalue weighted by atomic mass is 16.3. The SMILES string of the molecule is Nc1nccnc1C(=O)NC(CCCO)c1ccccc1. The molecule has 1 aromatic heterocycles. The molecule has 0 bridgehead atoms. The van der Waals surface area contributed by atoms with E-state index in [2.05, 4.69) is 15.3 Å². The van der Waals surface area contributed by atoms with E-state index in [9.17, 15) is 4.79 Å². The van der Waals surface area contributed by atoms with Gasteiger partial charge in [-0.3, -0.25) is 4.79 Å². The topological polar surface area (TPSA) is 101 Å². The highest BCUT2D eigenvalue weighted by Crippen LogP contribution is 2.19. The van der Waals surface area contributed by atoms with Crippen molar-refractivity contribution in [1.82, 2.24) is 15.3 Å². The van der Waals surface area contributed by atoms with E-state index < -0.39 is 0 Å². The molecule has 2 rings (SSSR count). The molecule has 0 radical (unpaired) electrons. The lowest BCUT2D eigenvalue weighted by molar-refractivity contribution is 0.0928. The number of rotatable bonds is 6. The van der Waals surface area contributed by atoms with Crippen molar-refractivity contribution in [3.05, 3.63) is 54.0 Å². The Labute approximate surface area is 123 Å². The molecule has 110 valence electrons. The molecule has 2 aromatic rings. The predicted octanol–water partition coefficient (Wildman–Crippen LogP) is 1.30. The summed E-state index contributed by atoms with van der Waals surface area (Å²) >= 11 is 0. The quantitative estimate of drug-likeness (QED) is 0.743. The fourth-order valence-corrected chi connectivity index (χ4v) is 2.05. The van der Waals surface area contributed by atoms with Crippen LogP contribution in [0.1, 0.15) is 34.9 Å². The number of nitrogens with two attached hydrogens (primary N) is 1. The van der Waals surface area contributed by atoms with Gasteiger partial charge in [0.1, 0.15) is 0 Å². The number of hydrogen-bond donors (Lipinski definition) is 3. The minimum absolute atomic E-state index is 0.0759. The number of amides is 1. The van der Waals surface area contributed by atoms with E-state index in [-0.39, 0.29) is 30.1 Å². The van der Waals surface area contributed by atoms with Gasteiger partial charge in [0.05, 0.1) is 6.04 Å². The molecular weight excluding hydrogens is 268 g/mol. The molecule has 6 heteroatoms. The van der Waals surface area contributed by atoms with Crippen molar-refractivity contribution >= 4 is 11.7 Å². The Morgan fingerprint density at radius 3 is 2.62 bits per heavy atom. The maximum atomic E-state index is 12.3. The lowest BCUT2D eigenvalue weighted by atomic mass is 10.0. The van der Waals surface area contributed by atoms with Crippen LogP contribution in [0.5, 0.6) is 0 Å². The summed E-state index contributed by atoms with van der Waals surface area (Å²) in [6, 6.07) is 9.39. The molecule has 0 aliphatic carbocycles. The number of aliphatic hydroxyl groups is 1. The second-order valence-electron chi connectivity index (χ2n) is 4.59. The predicted molar refractivity (Wildman–Crippen MR) is 79.4 cm³/mol. The lowest BCUT2D eigenvalue weighted by Gasteiger charge is -2.19. The highest BCUT2D eigenvalue weighted by Gasteiger charge is 2.18. The van der Waals surface area contributed by atoms with Crippen LogP contribution < -0.4 is 11.1 Å². The zero-order valence-corrected chi connectivity index (χ0v) is 11.6. The van der Waals surface area contributed by atoms with Gasteiger partial charge in [0.25, 0.3) is 5.91 Å². The third-order valence-corrected chi connectivity index (χ3v) is 3.10. The summed E-state index contributed by atoms with van der Waals surface area (Å²) in [4.78, 5) is 20.1. The Kier molecular flexibility index (Phi) is 5.22. The van der Waals surface area contributed by atoms with Crippen LogP contribution in [0.25, 0.3) is 0 Å². The van der Waals surface area contributed by atoms with Gasteiger partial charge >= 0.3 is 0 Å². The smallest absolute Gasteiger partial charge is 0.274 e. The van der Waals surface area contributed by atoms with E-state index in [1.54, 1.807) is 0 Å². The number of aromatic nitrogens is 2. The van der Waals surface area contributed by atoms with Crippen molar-refractivity contribution < 1.29 is 9.90 Å². The Morgan fingerprint density at radius 2 is 1.95 bits per heavy atom. The summed E-state index contributed by atoms with van der Waals surface area (Å²) in [5.41, 5.74) is 6.75. The van der Waals surface area contributed by atoms with Gasteiger partial charge < -0.3 is 16.2 Å². The van der Waals surface area contributed by atoms with E-state index in [4.69, 9.17) is 10.8 Å². The van der Waals surface area contributed by atoms with Gasteiger partial charge in [-0.15, -0.1) is 0 Å². The third kappa shape index (κ3) is 4.00. The van der Waals surface area contributed by atoms with E-state index in [0.717, 1.165) is 5.56 Å². The highest BCUT2D eigenvalue weighted by molar-refractivity contribution is 5.96. The largest absolute Gasteiger partial charge is 0.396 e. The van der Waals surface area contributed by atoms with Gasteiger partial charge in [-0.2, -0.15) is 0 Å². The summed E-state index contributed by atoms with van der Waals surface area (Å²) in [6.45, 7) is 0.0759. The number of benzene rings is 1. The van der Waals surface area contributed by atoms with Crippen LogP contribution in [0.4, 0.5) is 5.82 Å². The molecule has 1 aromatic carbocycles. The average Bonchev–Trinajstić information content (AvgIpc) is 2.52. The number of carbonyl (C=O) groups excluding carboxylic acids is 1. The van der Waals surface area contributed by atoms with Crippen molar-refractivity contribution in [2.45, 2.75) is 18.9 Å². The molecule has 4 N–H and O–H groups in total. The van der Waals surface area contributed by atoms with Crippen molar-refractivity contribution in [3.63, 3.8) is 0 Å². The van der Waals surface area contributed by atoms with Crippen LogP contribution in [0.3, 0.4) is 0 Å². The van der Waals surface area contributed by atoms with Gasteiger partial charge in [0.2, 0.25) is 0 Å². The Bertz CT molecular complexity index is 589. The summed E-state index contributed by atoms with van der Waals surface area (Å²) < 4.78 is 0. The van der Waals surface area contributed by atoms with Crippen molar-refractivity contribution in [3.8, 4) is 0 Å². The van der Waals surface area contributed by atoms with Crippen molar-refractivity contribution in [2.24, 2.45) is 0 Å². The normalized spacial score (nSPS) is 11.9. The molecule has 1 atom stereocenters. The molecule has 0 spiro atoms. The first-order valence-electron chi connectivity index (χ1n) is 6.75. The first-order valence-corrected chi connectivity index (χ1v) is 6.75. The molecule has 0 aliphatic rings. The van der Waals surface area contributed by atoms with Crippen LogP contribution in [0.15, 0.2) is 42.7 Å². The number of hydrogen-bond acceptors (Lipinski definition) is 5. The van der Waals surface area contributed by atoms with E-state index in [0.29, 0.717) is 12.8 Å². The van der Waals surface area contributed by atoms with Crippen LogP contribution in [-0.4, -0.2) is 27.6 Å². The van der Waals surface area contributed by atoms with Crippen LogP contribution in [-0.2, 0) is 0 Å². The van der Waals surface area contributed by atoms with Crippen LogP contribution in [0, 0.1) is 0 Å². The van der Waals surface area contributed by atoms with E-state index in [1.165, 1.54) is 12.4 Å². The van der Waals surface area contributed by atoms with Crippen LogP contribution >= 0.6 is 0 Å². The van der Waals surface area contributed by atoms with Gasteiger partial charge in [0, 0.05) is 19.0 Å². The Hall–Kier alpha value is -2.47. The number of nitrogens with zero attached hydrogens (tertiary/aromatic N) is 2. The number of aliphatic hydroxyl groups excluding tert-OH is 1. The standard InChI is InChI=1S/C15H18N4O2/c16-14-13(17-8-9-18-14)15(21)19-12(7-4-10-20)11-5-2-1-3-6-11/h1-3,5-6,8-9,12,20H,4,7,10H2,(H2,16,18)(H,19,21). The first kappa shape index (κ1) is 14.9. The fraction of sp³-hybridized carbons (Fsp3) is 0.267. The number of nitrogen functional groups attached to an aromatic ring is 1. The number of carbonyl (C=O) groups is 1. The Morgan fingerprint density at radius 1 is 1.24 bits per heavy atom. The summed E-state index contributed by atoms with van der Waals surface area (Å²) in [7, 11) is 0. The molecule has 0 saturated carbocycles. The zero-order valence-electron chi connectivity index (χ0n) is 11.6. The molecule has 1 amide bonds. The van der Waals surface area contributed by atoms with Gasteiger partial charge in [-0.1, -0.05) is 30.3 Å². The first-order chi connectivity index (χ1) is 10.2. The lowest BCUT2D eigenvalue weighted by Crippen LogP contribution is -2.30. The maximum absolute atomic E-state index is 12.3. The van der Waals surface area contributed by atoms with Gasteiger partial charge in [-0.25, -0.2) is 9.97 Å². The molecule has 0 aliphatic heterocycles. The summed E-state index contributed by atoms with van der Waals surface area (Å²) in [5.74, 6) is -0.267.